The lowest BCUT2D eigenvalue weighted by Gasteiger charge is -2.12. The molecule has 1 atom stereocenters. The van der Waals surface area contributed by atoms with Crippen molar-refractivity contribution in [2.24, 2.45) is 5.92 Å². The van der Waals surface area contributed by atoms with Crippen LogP contribution in [0.2, 0.25) is 0 Å². The van der Waals surface area contributed by atoms with Crippen LogP contribution in [0.1, 0.15) is 38.5 Å². The van der Waals surface area contributed by atoms with E-state index in [0.717, 1.165) is 19.3 Å². The molecule has 1 unspecified atom stereocenters. The highest BCUT2D eigenvalue weighted by Gasteiger charge is 2.13. The van der Waals surface area contributed by atoms with Gasteiger partial charge in [-0.2, -0.15) is 0 Å². The number of rotatable bonds is 0. The van der Waals surface area contributed by atoms with Crippen molar-refractivity contribution in [3.05, 3.63) is 0 Å². The summed E-state index contributed by atoms with van der Waals surface area (Å²) in [5.74, 6) is 3.26. The van der Waals surface area contributed by atoms with Crippen LogP contribution in [-0.4, -0.2) is 5.78 Å². The van der Waals surface area contributed by atoms with Crippen LogP contribution in [0.3, 0.4) is 0 Å². The Labute approximate surface area is 68.2 Å². The zero-order valence-corrected chi connectivity index (χ0v) is 6.81. The largest absolute Gasteiger partial charge is 0.300 e. The maximum atomic E-state index is 11.1. The van der Waals surface area contributed by atoms with Crippen molar-refractivity contribution in [2.45, 2.75) is 38.5 Å². The van der Waals surface area contributed by atoms with E-state index in [1.165, 1.54) is 12.8 Å². The summed E-state index contributed by atoms with van der Waals surface area (Å²) in [4.78, 5) is 11.1. The fourth-order valence-electron chi connectivity index (χ4n) is 1.51. The Morgan fingerprint density at radius 3 is 2.91 bits per heavy atom. The van der Waals surface area contributed by atoms with Crippen LogP contribution in [-0.2, 0) is 4.79 Å². The van der Waals surface area contributed by atoms with Gasteiger partial charge in [-0.1, -0.05) is 12.8 Å². The van der Waals surface area contributed by atoms with Gasteiger partial charge in [0, 0.05) is 18.8 Å². The summed E-state index contributed by atoms with van der Waals surface area (Å²) in [6, 6.07) is 0. The van der Waals surface area contributed by atoms with Gasteiger partial charge in [0.05, 0.1) is 0 Å². The molecule has 1 nitrogen and oxygen atoms in total. The standard InChI is InChI=1S/C10H14O/c1-2-9-6-4-3-5-7-10(11)8-9/h1,9H,3-8H2. The molecule has 0 spiro atoms. The van der Waals surface area contributed by atoms with Crippen molar-refractivity contribution in [2.75, 3.05) is 0 Å². The lowest BCUT2D eigenvalue weighted by atomic mass is 9.91. The van der Waals surface area contributed by atoms with E-state index < -0.39 is 0 Å². The molecule has 1 rings (SSSR count). The highest BCUT2D eigenvalue weighted by atomic mass is 16.1. The first-order chi connectivity index (χ1) is 5.33. The van der Waals surface area contributed by atoms with Gasteiger partial charge in [0.25, 0.3) is 0 Å². The molecule has 1 aliphatic carbocycles. The third-order valence-corrected chi connectivity index (χ3v) is 2.22. The Balaban J connectivity index is 2.43. The normalized spacial score (nSPS) is 26.8. The summed E-state index contributed by atoms with van der Waals surface area (Å²) >= 11 is 0. The second-order valence-electron chi connectivity index (χ2n) is 3.21. The van der Waals surface area contributed by atoms with Crippen LogP contribution in [0.15, 0.2) is 0 Å². The number of hydrogen-bond acceptors (Lipinski definition) is 1. The molecule has 1 fully saturated rings. The van der Waals surface area contributed by atoms with Gasteiger partial charge in [0.1, 0.15) is 5.78 Å². The quantitative estimate of drug-likeness (QED) is 0.483. The van der Waals surface area contributed by atoms with Crippen molar-refractivity contribution in [3.63, 3.8) is 0 Å². The van der Waals surface area contributed by atoms with Gasteiger partial charge in [0.2, 0.25) is 0 Å². The highest BCUT2D eigenvalue weighted by Crippen LogP contribution is 2.19. The van der Waals surface area contributed by atoms with Crippen molar-refractivity contribution in [1.82, 2.24) is 0 Å². The minimum absolute atomic E-state index is 0.225. The Morgan fingerprint density at radius 2 is 2.18 bits per heavy atom. The predicted octanol–water partition coefficient (Wildman–Crippen LogP) is 2.16. The second-order valence-corrected chi connectivity index (χ2v) is 3.21. The van der Waals surface area contributed by atoms with E-state index in [4.69, 9.17) is 6.42 Å². The third-order valence-electron chi connectivity index (χ3n) is 2.22. The third kappa shape index (κ3) is 2.76. The van der Waals surface area contributed by atoms with E-state index in [9.17, 15) is 4.79 Å². The van der Waals surface area contributed by atoms with E-state index >= 15 is 0 Å². The molecule has 60 valence electrons. The van der Waals surface area contributed by atoms with Crippen molar-refractivity contribution >= 4 is 5.78 Å². The molecular weight excluding hydrogens is 136 g/mol. The topological polar surface area (TPSA) is 17.1 Å². The predicted molar refractivity (Wildman–Crippen MR) is 45.0 cm³/mol. The van der Waals surface area contributed by atoms with Crippen LogP contribution in [0, 0.1) is 18.3 Å². The Morgan fingerprint density at radius 1 is 1.36 bits per heavy atom. The lowest BCUT2D eigenvalue weighted by molar-refractivity contribution is -0.120. The zero-order chi connectivity index (χ0) is 8.10. The summed E-state index contributed by atoms with van der Waals surface area (Å²) in [5, 5.41) is 0. The molecular formula is C10H14O. The number of terminal acetylenes is 1. The van der Waals surface area contributed by atoms with E-state index in [-0.39, 0.29) is 5.92 Å². The molecule has 0 aromatic carbocycles. The minimum atomic E-state index is 0.225. The fraction of sp³-hybridized carbons (Fsp3) is 0.700. The first-order valence-electron chi connectivity index (χ1n) is 4.31. The number of carbonyl (C=O) groups is 1. The summed E-state index contributed by atoms with van der Waals surface area (Å²) in [7, 11) is 0. The van der Waals surface area contributed by atoms with Crippen LogP contribution in [0.4, 0.5) is 0 Å². The molecule has 0 amide bonds. The molecule has 1 aliphatic rings. The highest BCUT2D eigenvalue weighted by molar-refractivity contribution is 5.79. The van der Waals surface area contributed by atoms with Gasteiger partial charge in [-0.05, 0) is 12.8 Å². The number of hydrogen-bond donors (Lipinski definition) is 0. The van der Waals surface area contributed by atoms with Gasteiger partial charge >= 0.3 is 0 Å². The Kier molecular flexibility index (Phi) is 3.16. The molecule has 0 aromatic heterocycles. The van der Waals surface area contributed by atoms with Gasteiger partial charge in [-0.3, -0.25) is 4.79 Å². The van der Waals surface area contributed by atoms with Crippen LogP contribution >= 0.6 is 0 Å². The van der Waals surface area contributed by atoms with Gasteiger partial charge in [-0.25, -0.2) is 0 Å². The molecule has 1 saturated carbocycles. The van der Waals surface area contributed by atoms with Gasteiger partial charge in [0.15, 0.2) is 0 Å². The number of Topliss-reactive ketones (excluding diaryl/α,β-unsaturated/α-hetero) is 1. The molecule has 0 radical (unpaired) electrons. The maximum Gasteiger partial charge on any atom is 0.134 e. The Bertz CT molecular complexity index is 176. The van der Waals surface area contributed by atoms with Gasteiger partial charge < -0.3 is 0 Å². The summed E-state index contributed by atoms with van der Waals surface area (Å²) in [6.45, 7) is 0. The van der Waals surface area contributed by atoms with Crippen LogP contribution in [0.5, 0.6) is 0 Å². The van der Waals surface area contributed by atoms with Crippen LogP contribution < -0.4 is 0 Å². The molecule has 0 aliphatic heterocycles. The lowest BCUT2D eigenvalue weighted by Crippen LogP contribution is -2.09. The first-order valence-corrected chi connectivity index (χ1v) is 4.31. The molecule has 0 aromatic rings. The monoisotopic (exact) mass is 150 g/mol. The SMILES string of the molecule is C#CC1CCCCCC(=O)C1. The Hall–Kier alpha value is -0.770. The number of ketones is 1. The number of carbonyl (C=O) groups excluding carboxylic acids is 1. The maximum absolute atomic E-state index is 11.1. The van der Waals surface area contributed by atoms with E-state index in [0.29, 0.717) is 12.2 Å². The van der Waals surface area contributed by atoms with Crippen molar-refractivity contribution in [1.29, 1.82) is 0 Å². The van der Waals surface area contributed by atoms with Crippen molar-refractivity contribution < 1.29 is 4.79 Å². The zero-order valence-electron chi connectivity index (χ0n) is 6.81. The van der Waals surface area contributed by atoms with Crippen LogP contribution in [0.25, 0.3) is 0 Å². The first kappa shape index (κ1) is 8.33. The van der Waals surface area contributed by atoms with E-state index in [2.05, 4.69) is 5.92 Å². The molecule has 0 saturated heterocycles. The van der Waals surface area contributed by atoms with Gasteiger partial charge in [-0.15, -0.1) is 12.3 Å². The average molecular weight is 150 g/mol. The molecule has 0 heterocycles. The average Bonchev–Trinajstić information content (AvgIpc) is 1.96. The smallest absolute Gasteiger partial charge is 0.134 e. The van der Waals surface area contributed by atoms with E-state index in [1.54, 1.807) is 0 Å². The summed E-state index contributed by atoms with van der Waals surface area (Å²) < 4.78 is 0. The molecule has 0 N–H and O–H groups in total. The minimum Gasteiger partial charge on any atom is -0.300 e. The molecule has 1 heteroatoms. The fourth-order valence-corrected chi connectivity index (χ4v) is 1.51. The molecule has 11 heavy (non-hydrogen) atoms. The van der Waals surface area contributed by atoms with Crippen molar-refractivity contribution in [3.8, 4) is 12.3 Å². The second kappa shape index (κ2) is 4.18. The molecule has 0 bridgehead atoms. The van der Waals surface area contributed by atoms with E-state index in [1.807, 2.05) is 0 Å². The summed E-state index contributed by atoms with van der Waals surface area (Å²) in [6.07, 6.45) is 11.1. The summed E-state index contributed by atoms with van der Waals surface area (Å²) in [5.41, 5.74) is 0.